The molecule has 0 bridgehead atoms. The summed E-state index contributed by atoms with van der Waals surface area (Å²) in [6.07, 6.45) is 0. The van der Waals surface area contributed by atoms with Gasteiger partial charge in [-0.25, -0.2) is 0 Å². The number of aromatic amines is 1. The van der Waals surface area contributed by atoms with Crippen LogP contribution < -0.4 is 4.74 Å². The normalized spacial score (nSPS) is 10.8. The summed E-state index contributed by atoms with van der Waals surface area (Å²) in [6.45, 7) is 0. The van der Waals surface area contributed by atoms with Crippen molar-refractivity contribution in [2.75, 3.05) is 7.11 Å². The molecule has 3 aromatic rings. The number of methoxy groups -OCH3 is 1. The van der Waals surface area contributed by atoms with Crippen LogP contribution in [0.25, 0.3) is 16.7 Å². The number of rotatable bonds is 2. The predicted octanol–water partition coefficient (Wildman–Crippen LogP) is 4.46. The van der Waals surface area contributed by atoms with Gasteiger partial charge < -0.3 is 9.72 Å². The van der Waals surface area contributed by atoms with Gasteiger partial charge in [0.25, 0.3) is 0 Å². The summed E-state index contributed by atoms with van der Waals surface area (Å²) in [6, 6.07) is 13.9. The molecule has 0 atom stereocenters. The number of aromatic nitrogens is 2. The number of imidazole rings is 1. The van der Waals surface area contributed by atoms with Gasteiger partial charge in [-0.15, -0.1) is 0 Å². The van der Waals surface area contributed by atoms with Gasteiger partial charge in [0.05, 0.1) is 12.6 Å². The molecular formula is C14H11BrN2OS. The molecule has 96 valence electrons. The van der Waals surface area contributed by atoms with E-state index in [1.807, 2.05) is 47.0 Å². The van der Waals surface area contributed by atoms with Crippen molar-refractivity contribution >= 4 is 39.2 Å². The Morgan fingerprint density at radius 2 is 2.00 bits per heavy atom. The maximum Gasteiger partial charge on any atom is 0.182 e. The minimum Gasteiger partial charge on any atom is -0.494 e. The first-order chi connectivity index (χ1) is 9.20. The van der Waals surface area contributed by atoms with Crippen molar-refractivity contribution in [1.82, 2.24) is 9.55 Å². The molecule has 0 fully saturated rings. The van der Waals surface area contributed by atoms with Gasteiger partial charge in [0.1, 0.15) is 11.3 Å². The van der Waals surface area contributed by atoms with Crippen molar-refractivity contribution in [3.63, 3.8) is 0 Å². The highest BCUT2D eigenvalue weighted by Gasteiger charge is 2.10. The molecular weight excluding hydrogens is 324 g/mol. The lowest BCUT2D eigenvalue weighted by atomic mass is 10.2. The number of hydrogen-bond donors (Lipinski definition) is 1. The summed E-state index contributed by atoms with van der Waals surface area (Å²) in [5, 5.41) is 0. The van der Waals surface area contributed by atoms with E-state index >= 15 is 0 Å². The molecule has 0 unspecified atom stereocenters. The van der Waals surface area contributed by atoms with E-state index < -0.39 is 0 Å². The Morgan fingerprint density at radius 1 is 1.21 bits per heavy atom. The van der Waals surface area contributed by atoms with Gasteiger partial charge in [0.15, 0.2) is 4.77 Å². The minimum absolute atomic E-state index is 0.651. The summed E-state index contributed by atoms with van der Waals surface area (Å²) in [4.78, 5) is 3.20. The molecule has 0 aliphatic rings. The van der Waals surface area contributed by atoms with E-state index in [-0.39, 0.29) is 0 Å². The molecule has 0 saturated carbocycles. The zero-order chi connectivity index (χ0) is 13.4. The Kier molecular flexibility index (Phi) is 3.16. The molecule has 0 amide bonds. The first-order valence-electron chi connectivity index (χ1n) is 5.74. The second-order valence-electron chi connectivity index (χ2n) is 4.10. The second-order valence-corrected chi connectivity index (χ2v) is 5.40. The van der Waals surface area contributed by atoms with Crippen LogP contribution >= 0.6 is 28.1 Å². The average molecular weight is 335 g/mol. The van der Waals surface area contributed by atoms with Crippen LogP contribution in [0.5, 0.6) is 5.75 Å². The number of hydrogen-bond acceptors (Lipinski definition) is 2. The molecule has 0 spiro atoms. The van der Waals surface area contributed by atoms with E-state index in [2.05, 4.69) is 20.9 Å². The van der Waals surface area contributed by atoms with E-state index in [0.717, 1.165) is 26.9 Å². The van der Waals surface area contributed by atoms with Crippen LogP contribution in [0.3, 0.4) is 0 Å². The molecule has 0 aliphatic carbocycles. The Balaban J connectivity index is 2.36. The standard InChI is InChI=1S/C14H11BrN2OS/c1-18-12-7-3-6-11-13(12)16-14(19)17(11)10-5-2-4-9(15)8-10/h2-8H,1H3,(H,16,19). The number of fused-ring (bicyclic) bond motifs is 1. The van der Waals surface area contributed by atoms with Gasteiger partial charge in [-0.05, 0) is 42.5 Å². The third kappa shape index (κ3) is 2.09. The summed E-state index contributed by atoms with van der Waals surface area (Å²) in [5.41, 5.74) is 2.93. The maximum atomic E-state index is 5.42. The molecule has 1 aromatic heterocycles. The van der Waals surface area contributed by atoms with Crippen molar-refractivity contribution in [3.05, 3.63) is 51.7 Å². The fourth-order valence-electron chi connectivity index (χ4n) is 2.15. The number of nitrogens with zero attached hydrogens (tertiary/aromatic N) is 1. The molecule has 3 rings (SSSR count). The van der Waals surface area contributed by atoms with E-state index in [1.54, 1.807) is 7.11 Å². The minimum atomic E-state index is 0.651. The number of ether oxygens (including phenoxy) is 1. The van der Waals surface area contributed by atoms with Gasteiger partial charge in [0.2, 0.25) is 0 Å². The van der Waals surface area contributed by atoms with E-state index in [4.69, 9.17) is 17.0 Å². The Labute approximate surface area is 124 Å². The van der Waals surface area contributed by atoms with Gasteiger partial charge in [0, 0.05) is 10.2 Å². The number of benzene rings is 2. The zero-order valence-corrected chi connectivity index (χ0v) is 12.6. The Hall–Kier alpha value is -1.59. The van der Waals surface area contributed by atoms with Gasteiger partial charge in [-0.2, -0.15) is 0 Å². The molecule has 3 nitrogen and oxygen atoms in total. The van der Waals surface area contributed by atoms with Crippen molar-refractivity contribution < 1.29 is 4.74 Å². The van der Waals surface area contributed by atoms with Crippen LogP contribution in [0, 0.1) is 4.77 Å². The van der Waals surface area contributed by atoms with Crippen LogP contribution in [-0.4, -0.2) is 16.7 Å². The van der Waals surface area contributed by atoms with Crippen molar-refractivity contribution in [2.45, 2.75) is 0 Å². The maximum absolute atomic E-state index is 5.42. The van der Waals surface area contributed by atoms with Crippen molar-refractivity contribution in [2.24, 2.45) is 0 Å². The SMILES string of the molecule is COc1cccc2c1[nH]c(=S)n2-c1cccc(Br)c1. The Bertz CT molecular complexity index is 807. The van der Waals surface area contributed by atoms with Crippen molar-refractivity contribution in [3.8, 4) is 11.4 Å². The predicted molar refractivity (Wildman–Crippen MR) is 82.7 cm³/mol. The van der Waals surface area contributed by atoms with E-state index in [1.165, 1.54) is 0 Å². The third-order valence-electron chi connectivity index (χ3n) is 2.97. The Morgan fingerprint density at radius 3 is 2.74 bits per heavy atom. The van der Waals surface area contributed by atoms with Crippen LogP contribution in [0.2, 0.25) is 0 Å². The summed E-state index contributed by atoms with van der Waals surface area (Å²) >= 11 is 8.90. The average Bonchev–Trinajstić information content (AvgIpc) is 2.74. The lowest BCUT2D eigenvalue weighted by Gasteiger charge is -2.06. The number of para-hydroxylation sites is 1. The first-order valence-corrected chi connectivity index (χ1v) is 6.94. The lowest BCUT2D eigenvalue weighted by Crippen LogP contribution is -1.93. The van der Waals surface area contributed by atoms with Crippen LogP contribution in [0.4, 0.5) is 0 Å². The zero-order valence-electron chi connectivity index (χ0n) is 10.2. The van der Waals surface area contributed by atoms with E-state index in [0.29, 0.717) is 4.77 Å². The summed E-state index contributed by atoms with van der Waals surface area (Å²) in [7, 11) is 1.65. The van der Waals surface area contributed by atoms with Gasteiger partial charge >= 0.3 is 0 Å². The van der Waals surface area contributed by atoms with Gasteiger partial charge in [-0.1, -0.05) is 28.1 Å². The smallest absolute Gasteiger partial charge is 0.182 e. The summed E-state index contributed by atoms with van der Waals surface area (Å²) in [5.74, 6) is 0.789. The fraction of sp³-hybridized carbons (Fsp3) is 0.0714. The second kappa shape index (κ2) is 4.83. The first kappa shape index (κ1) is 12.4. The third-order valence-corrected chi connectivity index (χ3v) is 3.74. The molecule has 5 heteroatoms. The molecule has 1 N–H and O–H groups in total. The van der Waals surface area contributed by atoms with E-state index in [9.17, 15) is 0 Å². The van der Waals surface area contributed by atoms with Crippen molar-refractivity contribution in [1.29, 1.82) is 0 Å². The molecule has 19 heavy (non-hydrogen) atoms. The highest BCUT2D eigenvalue weighted by atomic mass is 79.9. The fourth-order valence-corrected chi connectivity index (χ4v) is 2.84. The molecule has 2 aromatic carbocycles. The molecule has 0 aliphatic heterocycles. The largest absolute Gasteiger partial charge is 0.494 e. The quantitative estimate of drug-likeness (QED) is 0.701. The van der Waals surface area contributed by atoms with Crippen LogP contribution in [-0.2, 0) is 0 Å². The molecule has 0 radical (unpaired) electrons. The molecule has 0 saturated heterocycles. The number of halogens is 1. The van der Waals surface area contributed by atoms with Crippen LogP contribution in [0.1, 0.15) is 0 Å². The lowest BCUT2D eigenvalue weighted by molar-refractivity contribution is 0.419. The highest BCUT2D eigenvalue weighted by molar-refractivity contribution is 9.10. The topological polar surface area (TPSA) is 29.9 Å². The highest BCUT2D eigenvalue weighted by Crippen LogP contribution is 2.27. The monoisotopic (exact) mass is 334 g/mol. The van der Waals surface area contributed by atoms with Crippen LogP contribution in [0.15, 0.2) is 46.9 Å². The number of H-pyrrole nitrogens is 1. The number of nitrogens with one attached hydrogen (secondary N) is 1. The molecule has 1 heterocycles. The summed E-state index contributed by atoms with van der Waals surface area (Å²) < 4.78 is 9.02. The van der Waals surface area contributed by atoms with Gasteiger partial charge in [-0.3, -0.25) is 4.57 Å².